The summed E-state index contributed by atoms with van der Waals surface area (Å²) in [5.41, 5.74) is -0.0929. The van der Waals surface area contributed by atoms with Crippen molar-refractivity contribution in [2.45, 2.75) is 109 Å². The van der Waals surface area contributed by atoms with Crippen LogP contribution in [0.2, 0.25) is 0 Å². The van der Waals surface area contributed by atoms with E-state index in [0.717, 1.165) is 38.5 Å². The van der Waals surface area contributed by atoms with Crippen molar-refractivity contribution in [3.8, 4) is 0 Å². The summed E-state index contributed by atoms with van der Waals surface area (Å²) in [5, 5.41) is 53.3. The van der Waals surface area contributed by atoms with Crippen molar-refractivity contribution in [1.82, 2.24) is 5.32 Å². The number of carboxylic acid groups (broad SMARTS) is 2. The van der Waals surface area contributed by atoms with Gasteiger partial charge in [-0.25, -0.2) is 4.79 Å². The molecule has 4 aliphatic carbocycles. The SMILES string of the molecule is CC(CCC(=O)NC(CC(=O)O)C(=O)O)C1CCC2C3C(O)C(O)C4CC(O)CCC4(C)C3CCC12C. The van der Waals surface area contributed by atoms with E-state index in [4.69, 9.17) is 5.11 Å². The van der Waals surface area contributed by atoms with Gasteiger partial charge in [0.2, 0.25) is 5.91 Å². The second-order valence-electron chi connectivity index (χ2n) is 13.1. The Morgan fingerprint density at radius 1 is 0.892 bits per heavy atom. The molecule has 0 radical (unpaired) electrons. The van der Waals surface area contributed by atoms with Gasteiger partial charge in [0, 0.05) is 6.42 Å². The van der Waals surface area contributed by atoms with E-state index >= 15 is 0 Å². The van der Waals surface area contributed by atoms with Crippen LogP contribution in [-0.2, 0) is 14.4 Å². The third-order valence-corrected chi connectivity index (χ3v) is 11.3. The first kappa shape index (κ1) is 28.3. The third-order valence-electron chi connectivity index (χ3n) is 11.3. The van der Waals surface area contributed by atoms with Crippen LogP contribution < -0.4 is 5.32 Å². The smallest absolute Gasteiger partial charge is 0.326 e. The minimum absolute atomic E-state index is 0.0119. The van der Waals surface area contributed by atoms with Crippen LogP contribution in [0.25, 0.3) is 0 Å². The Hall–Kier alpha value is -1.71. The molecule has 12 atom stereocenters. The molecule has 4 rings (SSSR count). The summed E-state index contributed by atoms with van der Waals surface area (Å²) in [6.45, 7) is 6.71. The van der Waals surface area contributed by atoms with E-state index in [1.807, 2.05) is 0 Å². The number of amides is 1. The van der Waals surface area contributed by atoms with Crippen molar-refractivity contribution in [1.29, 1.82) is 0 Å². The molecule has 0 saturated heterocycles. The molecule has 0 aromatic carbocycles. The van der Waals surface area contributed by atoms with Crippen molar-refractivity contribution < 1.29 is 39.9 Å². The van der Waals surface area contributed by atoms with Gasteiger partial charge in [-0.05, 0) is 97.7 Å². The normalized spacial score (nSPS) is 44.6. The van der Waals surface area contributed by atoms with E-state index in [2.05, 4.69) is 26.1 Å². The van der Waals surface area contributed by atoms with E-state index in [1.165, 1.54) is 0 Å². The Labute approximate surface area is 219 Å². The van der Waals surface area contributed by atoms with Crippen molar-refractivity contribution >= 4 is 17.8 Å². The van der Waals surface area contributed by atoms with E-state index < -0.39 is 48.6 Å². The van der Waals surface area contributed by atoms with Crippen molar-refractivity contribution in [3.63, 3.8) is 0 Å². The van der Waals surface area contributed by atoms with Crippen molar-refractivity contribution in [2.24, 2.45) is 46.3 Å². The van der Waals surface area contributed by atoms with Crippen LogP contribution >= 0.6 is 0 Å². The van der Waals surface area contributed by atoms with E-state index in [0.29, 0.717) is 24.7 Å². The maximum atomic E-state index is 12.4. The average molecular weight is 524 g/mol. The number of aliphatic hydroxyl groups excluding tert-OH is 3. The number of hydrogen-bond acceptors (Lipinski definition) is 6. The molecule has 0 bridgehead atoms. The van der Waals surface area contributed by atoms with Crippen LogP contribution in [0.4, 0.5) is 0 Å². The van der Waals surface area contributed by atoms with Gasteiger partial charge in [-0.2, -0.15) is 0 Å². The lowest BCUT2D eigenvalue weighted by Gasteiger charge is -2.63. The van der Waals surface area contributed by atoms with Gasteiger partial charge >= 0.3 is 11.9 Å². The zero-order chi connectivity index (χ0) is 27.3. The van der Waals surface area contributed by atoms with Crippen LogP contribution in [0.1, 0.15) is 85.0 Å². The highest BCUT2D eigenvalue weighted by Crippen LogP contribution is 2.68. The van der Waals surface area contributed by atoms with Gasteiger partial charge in [0.25, 0.3) is 0 Å². The Morgan fingerprint density at radius 3 is 2.19 bits per heavy atom. The number of nitrogens with one attached hydrogen (secondary N) is 1. The van der Waals surface area contributed by atoms with Gasteiger partial charge in [0.05, 0.1) is 24.7 Å². The summed E-state index contributed by atoms with van der Waals surface area (Å²) in [6, 6.07) is -1.44. The highest BCUT2D eigenvalue weighted by atomic mass is 16.4. The third kappa shape index (κ3) is 5.03. The summed E-state index contributed by atoms with van der Waals surface area (Å²) in [6.07, 6.45) is 4.21. The van der Waals surface area contributed by atoms with E-state index in [-0.39, 0.29) is 40.9 Å². The Kier molecular flexibility index (Phi) is 8.00. The van der Waals surface area contributed by atoms with E-state index in [9.17, 15) is 34.8 Å². The summed E-state index contributed by atoms with van der Waals surface area (Å²) in [7, 11) is 0. The quantitative estimate of drug-likeness (QED) is 0.282. The summed E-state index contributed by atoms with van der Waals surface area (Å²) in [5.74, 6) is -1.97. The molecule has 0 heterocycles. The molecule has 4 saturated carbocycles. The van der Waals surface area contributed by atoms with Crippen LogP contribution in [-0.4, -0.2) is 67.7 Å². The summed E-state index contributed by atoms with van der Waals surface area (Å²) < 4.78 is 0. The van der Waals surface area contributed by atoms with Gasteiger partial charge in [-0.15, -0.1) is 0 Å². The number of rotatable bonds is 8. The fourth-order valence-corrected chi connectivity index (χ4v) is 9.42. The van der Waals surface area contributed by atoms with E-state index in [1.54, 1.807) is 0 Å². The molecule has 9 nitrogen and oxygen atoms in total. The minimum atomic E-state index is -1.44. The fourth-order valence-electron chi connectivity index (χ4n) is 9.42. The molecule has 0 spiro atoms. The van der Waals surface area contributed by atoms with Gasteiger partial charge < -0.3 is 30.8 Å². The van der Waals surface area contributed by atoms with Crippen LogP contribution in [0.15, 0.2) is 0 Å². The zero-order valence-corrected chi connectivity index (χ0v) is 22.3. The molecule has 12 unspecified atom stereocenters. The number of carbonyl (C=O) groups excluding carboxylic acids is 1. The van der Waals surface area contributed by atoms with Crippen LogP contribution in [0.3, 0.4) is 0 Å². The molecule has 0 aliphatic heterocycles. The molecule has 210 valence electrons. The van der Waals surface area contributed by atoms with Crippen molar-refractivity contribution in [3.05, 3.63) is 0 Å². The highest BCUT2D eigenvalue weighted by Gasteiger charge is 2.65. The topological polar surface area (TPSA) is 164 Å². The number of aliphatic hydroxyl groups is 3. The van der Waals surface area contributed by atoms with Gasteiger partial charge in [-0.3, -0.25) is 9.59 Å². The maximum absolute atomic E-state index is 12.4. The lowest BCUT2D eigenvalue weighted by molar-refractivity contribution is -0.223. The predicted octanol–water partition coefficient (Wildman–Crippen LogP) is 2.41. The van der Waals surface area contributed by atoms with Crippen LogP contribution in [0, 0.1) is 46.3 Å². The second kappa shape index (κ2) is 10.5. The monoisotopic (exact) mass is 523 g/mol. The number of hydrogen-bond donors (Lipinski definition) is 6. The molecule has 6 N–H and O–H groups in total. The first-order valence-electron chi connectivity index (χ1n) is 14.1. The molecule has 0 aromatic heterocycles. The number of carbonyl (C=O) groups is 3. The Balaban J connectivity index is 1.43. The predicted molar refractivity (Wildman–Crippen MR) is 134 cm³/mol. The number of aliphatic carboxylic acids is 2. The number of fused-ring (bicyclic) bond motifs is 5. The molecule has 4 aliphatic rings. The highest BCUT2D eigenvalue weighted by molar-refractivity contribution is 5.86. The first-order valence-corrected chi connectivity index (χ1v) is 14.1. The number of carboxylic acids is 2. The van der Waals surface area contributed by atoms with Crippen molar-refractivity contribution in [2.75, 3.05) is 0 Å². The molecule has 4 fully saturated rings. The largest absolute Gasteiger partial charge is 0.481 e. The Bertz CT molecular complexity index is 895. The van der Waals surface area contributed by atoms with Gasteiger partial charge in [-0.1, -0.05) is 20.8 Å². The lowest BCUT2D eigenvalue weighted by Crippen LogP contribution is -2.64. The molecule has 9 heteroatoms. The molecule has 0 aromatic rings. The summed E-state index contributed by atoms with van der Waals surface area (Å²) >= 11 is 0. The first-order chi connectivity index (χ1) is 17.3. The van der Waals surface area contributed by atoms with Crippen LogP contribution in [0.5, 0.6) is 0 Å². The molecular weight excluding hydrogens is 478 g/mol. The average Bonchev–Trinajstić information content (AvgIpc) is 3.18. The molecule has 1 amide bonds. The zero-order valence-electron chi connectivity index (χ0n) is 22.3. The molecule has 37 heavy (non-hydrogen) atoms. The minimum Gasteiger partial charge on any atom is -0.481 e. The van der Waals surface area contributed by atoms with Gasteiger partial charge in [0.1, 0.15) is 6.04 Å². The van der Waals surface area contributed by atoms with Gasteiger partial charge in [0.15, 0.2) is 0 Å². The lowest BCUT2D eigenvalue weighted by atomic mass is 9.43. The molecular formula is C28H45NO8. The fraction of sp³-hybridized carbons (Fsp3) is 0.893. The maximum Gasteiger partial charge on any atom is 0.326 e. The Morgan fingerprint density at radius 2 is 1.54 bits per heavy atom. The standard InChI is InChI=1S/C28H45NO8/c1-14(4-7-21(31)29-20(26(36)37)13-22(32)33)16-5-6-17-23-18(9-11-27(16,17)2)28(3)10-8-15(30)12-19(28)24(34)25(23)35/h14-20,23-25,30,34-35H,4-13H2,1-3H3,(H,29,31)(H,32,33)(H,36,37). The second-order valence-corrected chi connectivity index (χ2v) is 13.1. The summed E-state index contributed by atoms with van der Waals surface area (Å²) in [4.78, 5) is 34.6.